The first-order valence-corrected chi connectivity index (χ1v) is 17.6. The van der Waals surface area contributed by atoms with Crippen LogP contribution in [0.1, 0.15) is 68.6 Å². The molecule has 0 saturated carbocycles. The van der Waals surface area contributed by atoms with E-state index >= 15 is 0 Å². The number of fused-ring (bicyclic) bond motifs is 2. The lowest BCUT2D eigenvalue weighted by atomic mass is 9.73. The number of phenols is 8. The molecule has 8 rings (SSSR count). The molecule has 56 heavy (non-hydrogen) atoms. The van der Waals surface area contributed by atoms with E-state index in [1.54, 1.807) is 48.6 Å². The zero-order chi connectivity index (χ0) is 39.4. The third-order valence-corrected chi connectivity index (χ3v) is 10.4. The summed E-state index contributed by atoms with van der Waals surface area (Å²) in [5.74, 6) is -3.77. The van der Waals surface area contributed by atoms with Gasteiger partial charge in [0.1, 0.15) is 58.2 Å². The van der Waals surface area contributed by atoms with Gasteiger partial charge in [-0.3, -0.25) is 0 Å². The van der Waals surface area contributed by atoms with E-state index in [9.17, 15) is 51.1 Å². The maximum absolute atomic E-state index is 12.3. The highest BCUT2D eigenvalue weighted by Crippen LogP contribution is 2.55. The van der Waals surface area contributed by atoms with Gasteiger partial charge in [0.15, 0.2) is 23.7 Å². The van der Waals surface area contributed by atoms with Crippen molar-refractivity contribution < 1.29 is 60.5 Å². The zero-order valence-electron chi connectivity index (χ0n) is 29.3. The van der Waals surface area contributed by atoms with Crippen LogP contribution in [-0.4, -0.2) is 63.3 Å². The minimum Gasteiger partial charge on any atom is -0.508 e. The lowest BCUT2D eigenvalue weighted by Gasteiger charge is -2.40. The number of aliphatic hydroxyl groups excluding tert-OH is 2. The van der Waals surface area contributed by atoms with Gasteiger partial charge in [-0.15, -0.1) is 0 Å². The average Bonchev–Trinajstić information content (AvgIpc) is 3.17. The summed E-state index contributed by atoms with van der Waals surface area (Å²) in [6.45, 7) is 0. The van der Waals surface area contributed by atoms with Gasteiger partial charge in [0.2, 0.25) is 0 Å². The van der Waals surface area contributed by atoms with Crippen LogP contribution in [0.25, 0.3) is 12.2 Å². The topological polar surface area (TPSA) is 221 Å². The third-order valence-electron chi connectivity index (χ3n) is 10.4. The van der Waals surface area contributed by atoms with Crippen LogP contribution in [0.15, 0.2) is 109 Å². The molecule has 0 radical (unpaired) electrons. The Morgan fingerprint density at radius 1 is 0.411 bits per heavy atom. The summed E-state index contributed by atoms with van der Waals surface area (Å²) in [4.78, 5) is 0. The van der Waals surface area contributed by atoms with E-state index in [-0.39, 0.29) is 56.9 Å². The van der Waals surface area contributed by atoms with Crippen molar-refractivity contribution in [3.05, 3.63) is 154 Å². The average molecular weight is 757 g/mol. The monoisotopic (exact) mass is 756 g/mol. The summed E-state index contributed by atoms with van der Waals surface area (Å²) in [5.41, 5.74) is 2.43. The van der Waals surface area contributed by atoms with E-state index in [4.69, 9.17) is 9.47 Å². The maximum Gasteiger partial charge on any atom is 0.157 e. The Bertz CT molecular complexity index is 2340. The second kappa shape index (κ2) is 14.0. The highest BCUT2D eigenvalue weighted by atomic mass is 16.5. The van der Waals surface area contributed by atoms with E-state index < -0.39 is 53.5 Å². The largest absolute Gasteiger partial charge is 0.508 e. The molecule has 12 heteroatoms. The molecule has 0 bridgehead atoms. The molecule has 0 aliphatic carbocycles. The second-order valence-corrected chi connectivity index (χ2v) is 13.9. The van der Waals surface area contributed by atoms with Crippen LogP contribution < -0.4 is 9.47 Å². The summed E-state index contributed by atoms with van der Waals surface area (Å²) >= 11 is 0. The van der Waals surface area contributed by atoms with Gasteiger partial charge in [0.25, 0.3) is 0 Å². The number of phenolic OH excluding ortho intramolecular Hbond substituents is 8. The smallest absolute Gasteiger partial charge is 0.157 e. The molecule has 6 aromatic rings. The Labute approximate surface area is 319 Å². The Kier molecular flexibility index (Phi) is 8.99. The molecular formula is C44H36O12. The van der Waals surface area contributed by atoms with Crippen molar-refractivity contribution in [2.75, 3.05) is 0 Å². The van der Waals surface area contributed by atoms with Gasteiger partial charge in [0.05, 0.1) is 0 Å². The Morgan fingerprint density at radius 3 is 1.30 bits per heavy atom. The Hall–Kier alpha value is -7.02. The molecule has 2 aliphatic heterocycles. The van der Waals surface area contributed by atoms with E-state index in [1.165, 1.54) is 66.7 Å². The van der Waals surface area contributed by atoms with Crippen LogP contribution in [0.2, 0.25) is 0 Å². The van der Waals surface area contributed by atoms with E-state index in [2.05, 4.69) is 0 Å². The van der Waals surface area contributed by atoms with Gasteiger partial charge in [-0.25, -0.2) is 0 Å². The number of hydrogen-bond donors (Lipinski definition) is 10. The summed E-state index contributed by atoms with van der Waals surface area (Å²) in [6, 6.07) is 25.9. The van der Waals surface area contributed by atoms with Gasteiger partial charge in [-0.05, 0) is 70.8 Å². The Balaban J connectivity index is 1.40. The molecule has 2 aliphatic rings. The van der Waals surface area contributed by atoms with Gasteiger partial charge < -0.3 is 60.5 Å². The van der Waals surface area contributed by atoms with Crippen LogP contribution in [0, 0.1) is 0 Å². The number of ether oxygens (including phenoxy) is 2. The SMILES string of the molecule is Oc1ccc([C@H]2Oc3cc(O)ccc3[C@H](c3c(O)cc(O)c([C@@H]4c5ccc(O)cc5O[C@H](c5ccc(O)cc5)[C@H]4O)c3C=Cc3ccc(O)c(O)c3)[C@H]2O)cc1. The number of hydrogen-bond acceptors (Lipinski definition) is 12. The van der Waals surface area contributed by atoms with E-state index in [1.807, 2.05) is 0 Å². The summed E-state index contributed by atoms with van der Waals surface area (Å²) in [6.07, 6.45) is -1.94. The van der Waals surface area contributed by atoms with Crippen LogP contribution in [0.3, 0.4) is 0 Å². The van der Waals surface area contributed by atoms with Crippen molar-refractivity contribution in [1.82, 2.24) is 0 Å². The fourth-order valence-electron chi connectivity index (χ4n) is 7.77. The number of aromatic hydroxyl groups is 8. The molecule has 2 heterocycles. The quantitative estimate of drug-likeness (QED) is 0.0630. The van der Waals surface area contributed by atoms with Gasteiger partial charge in [-0.1, -0.05) is 54.6 Å². The standard InChI is InChI=1S/C44H36O12/c45-24-7-3-22(4-8-24)43-41(53)39(28-14-11-26(47)18-35(28)55-43)37-30(13-1-21-2-16-31(49)32(50)17-21)38(34(52)20-33(37)51)40-29-15-12-27(48)19-36(29)56-44(42(40)54)23-5-9-25(46)10-6-23/h1-20,39-54H/t39-,40+,41-,42+,43-,44-/m1/s1. The first-order chi connectivity index (χ1) is 26.9. The number of benzene rings is 6. The summed E-state index contributed by atoms with van der Waals surface area (Å²) in [7, 11) is 0. The molecule has 284 valence electrons. The lowest BCUT2D eigenvalue weighted by molar-refractivity contribution is 0.00635. The fourth-order valence-corrected chi connectivity index (χ4v) is 7.77. The highest BCUT2D eigenvalue weighted by Gasteiger charge is 2.45. The molecule has 6 aromatic carbocycles. The van der Waals surface area contributed by atoms with Crippen molar-refractivity contribution in [3.8, 4) is 57.5 Å². The van der Waals surface area contributed by atoms with E-state index in [0.29, 0.717) is 27.8 Å². The molecule has 0 unspecified atom stereocenters. The van der Waals surface area contributed by atoms with Crippen molar-refractivity contribution in [1.29, 1.82) is 0 Å². The summed E-state index contributed by atoms with van der Waals surface area (Å²) < 4.78 is 12.5. The number of rotatable bonds is 6. The van der Waals surface area contributed by atoms with Crippen LogP contribution >= 0.6 is 0 Å². The van der Waals surface area contributed by atoms with Gasteiger partial charge >= 0.3 is 0 Å². The summed E-state index contributed by atoms with van der Waals surface area (Å²) in [5, 5.41) is 110. The van der Waals surface area contributed by atoms with Crippen molar-refractivity contribution in [2.45, 2.75) is 36.3 Å². The predicted molar refractivity (Wildman–Crippen MR) is 203 cm³/mol. The Morgan fingerprint density at radius 2 is 0.857 bits per heavy atom. The van der Waals surface area contributed by atoms with E-state index in [0.717, 1.165) is 6.07 Å². The zero-order valence-corrected chi connectivity index (χ0v) is 29.3. The van der Waals surface area contributed by atoms with Crippen molar-refractivity contribution in [3.63, 3.8) is 0 Å². The molecule has 12 nitrogen and oxygen atoms in total. The molecule has 0 spiro atoms. The molecule has 0 aromatic heterocycles. The molecule has 0 amide bonds. The third kappa shape index (κ3) is 6.36. The van der Waals surface area contributed by atoms with Crippen molar-refractivity contribution in [2.24, 2.45) is 0 Å². The first kappa shape index (κ1) is 36.0. The van der Waals surface area contributed by atoms with Gasteiger partial charge in [-0.2, -0.15) is 0 Å². The molecule has 0 fully saturated rings. The molecule has 10 N–H and O–H groups in total. The highest BCUT2D eigenvalue weighted by molar-refractivity contribution is 5.79. The molecule has 6 atom stereocenters. The minimum absolute atomic E-state index is 0.0172. The normalized spacial score (nSPS) is 21.5. The van der Waals surface area contributed by atoms with Crippen LogP contribution in [0.4, 0.5) is 0 Å². The maximum atomic E-state index is 12.3. The molecular weight excluding hydrogens is 720 g/mol. The fraction of sp³-hybridized carbons (Fsp3) is 0.136. The van der Waals surface area contributed by atoms with Crippen LogP contribution in [0.5, 0.6) is 57.5 Å². The van der Waals surface area contributed by atoms with Crippen molar-refractivity contribution >= 4 is 12.2 Å². The van der Waals surface area contributed by atoms with Gasteiger partial charge in [0, 0.05) is 52.3 Å². The second-order valence-electron chi connectivity index (χ2n) is 13.9. The number of aliphatic hydroxyl groups is 2. The lowest BCUT2D eigenvalue weighted by Crippen LogP contribution is -2.37. The molecule has 0 saturated heterocycles. The van der Waals surface area contributed by atoms with Crippen LogP contribution in [-0.2, 0) is 0 Å². The minimum atomic E-state index is -1.43. The first-order valence-electron chi connectivity index (χ1n) is 17.6. The predicted octanol–water partition coefficient (Wildman–Crippen LogP) is 6.75.